The summed E-state index contributed by atoms with van der Waals surface area (Å²) in [5, 5.41) is 5.11. The molecule has 0 saturated heterocycles. The van der Waals surface area contributed by atoms with E-state index in [1.54, 1.807) is 12.1 Å². The number of nitrogens with one attached hydrogen (secondary N) is 1. The van der Waals surface area contributed by atoms with Crippen LogP contribution in [0.4, 0.5) is 0 Å². The second-order valence-corrected chi connectivity index (χ2v) is 6.21. The van der Waals surface area contributed by atoms with E-state index < -0.39 is 0 Å². The monoisotopic (exact) mass is 341 g/mol. The molecule has 0 bridgehead atoms. The Morgan fingerprint density at radius 2 is 1.57 bits per heavy atom. The molecule has 1 nitrogen and oxygen atoms in total. The first-order chi connectivity index (χ1) is 10.0. The highest BCUT2D eigenvalue weighted by atomic mass is 35.5. The molecule has 0 fully saturated rings. The zero-order chi connectivity index (χ0) is 15.4. The highest BCUT2D eigenvalue weighted by molar-refractivity contribution is 6.44. The van der Waals surface area contributed by atoms with Crippen LogP contribution in [0, 0.1) is 0 Å². The largest absolute Gasteiger partial charge is 0.306 e. The van der Waals surface area contributed by atoms with E-state index in [0.29, 0.717) is 21.6 Å². The molecule has 0 saturated carbocycles. The van der Waals surface area contributed by atoms with Crippen molar-refractivity contribution in [2.45, 2.75) is 32.9 Å². The third-order valence-corrected chi connectivity index (χ3v) is 4.81. The van der Waals surface area contributed by atoms with Gasteiger partial charge in [0.2, 0.25) is 0 Å². The van der Waals surface area contributed by atoms with Crippen LogP contribution in [0.5, 0.6) is 0 Å². The summed E-state index contributed by atoms with van der Waals surface area (Å²) in [6.07, 6.45) is 1.05. The first-order valence-corrected chi connectivity index (χ1v) is 8.11. The maximum Gasteiger partial charge on any atom is 0.0652 e. The number of aryl methyl sites for hydroxylation is 1. The van der Waals surface area contributed by atoms with Gasteiger partial charge in [0.05, 0.1) is 10.0 Å². The van der Waals surface area contributed by atoms with Gasteiger partial charge in [0, 0.05) is 23.2 Å². The Morgan fingerprint density at radius 3 is 2.19 bits per heavy atom. The third-order valence-electron chi connectivity index (χ3n) is 3.61. The van der Waals surface area contributed by atoms with Crippen molar-refractivity contribution in [3.05, 3.63) is 68.2 Å². The Balaban J connectivity index is 2.07. The molecular weight excluding hydrogens is 325 g/mol. The Hall–Kier alpha value is -0.730. The van der Waals surface area contributed by atoms with E-state index in [9.17, 15) is 0 Å². The maximum atomic E-state index is 6.21. The van der Waals surface area contributed by atoms with Gasteiger partial charge < -0.3 is 5.32 Å². The smallest absolute Gasteiger partial charge is 0.0652 e. The van der Waals surface area contributed by atoms with E-state index in [1.807, 2.05) is 0 Å². The molecule has 0 aliphatic carbocycles. The number of halogens is 3. The lowest BCUT2D eigenvalue weighted by atomic mass is 10.0. The number of rotatable bonds is 5. The van der Waals surface area contributed by atoms with Gasteiger partial charge in [-0.15, -0.1) is 0 Å². The summed E-state index contributed by atoms with van der Waals surface area (Å²) < 4.78 is 0. The van der Waals surface area contributed by atoms with Gasteiger partial charge in [-0.3, -0.25) is 0 Å². The van der Waals surface area contributed by atoms with Crippen LogP contribution in [-0.2, 0) is 13.0 Å². The summed E-state index contributed by atoms with van der Waals surface area (Å²) in [4.78, 5) is 0. The predicted octanol–water partition coefficient (Wildman–Crippen LogP) is 6.06. The molecule has 2 aromatic rings. The lowest BCUT2D eigenvalue weighted by molar-refractivity contribution is 0.575. The average Bonchev–Trinajstić information content (AvgIpc) is 2.51. The van der Waals surface area contributed by atoms with Crippen LogP contribution >= 0.6 is 34.8 Å². The van der Waals surface area contributed by atoms with E-state index in [4.69, 9.17) is 34.8 Å². The number of hydrogen-bond donors (Lipinski definition) is 1. The average molecular weight is 343 g/mol. The van der Waals surface area contributed by atoms with Crippen molar-refractivity contribution in [3.8, 4) is 0 Å². The fraction of sp³-hybridized carbons (Fsp3) is 0.294. The van der Waals surface area contributed by atoms with Gasteiger partial charge in [-0.2, -0.15) is 0 Å². The molecule has 0 amide bonds. The van der Waals surface area contributed by atoms with Gasteiger partial charge >= 0.3 is 0 Å². The van der Waals surface area contributed by atoms with Crippen molar-refractivity contribution < 1.29 is 0 Å². The Bertz CT molecular complexity index is 608. The molecular formula is C17H18Cl3N. The zero-order valence-corrected chi connectivity index (χ0v) is 14.4. The number of hydrogen-bond acceptors (Lipinski definition) is 1. The second kappa shape index (κ2) is 7.51. The Kier molecular flexibility index (Phi) is 5.95. The van der Waals surface area contributed by atoms with Crippen LogP contribution < -0.4 is 5.32 Å². The zero-order valence-electron chi connectivity index (χ0n) is 12.1. The van der Waals surface area contributed by atoms with Crippen LogP contribution in [0.15, 0.2) is 36.4 Å². The molecule has 0 heterocycles. The summed E-state index contributed by atoms with van der Waals surface area (Å²) in [7, 11) is 0. The van der Waals surface area contributed by atoms with Crippen molar-refractivity contribution in [1.82, 2.24) is 5.32 Å². The molecule has 1 unspecified atom stereocenters. The minimum atomic E-state index is 0.210. The molecule has 21 heavy (non-hydrogen) atoms. The van der Waals surface area contributed by atoms with Crippen LogP contribution in [0.2, 0.25) is 15.1 Å². The van der Waals surface area contributed by atoms with Gasteiger partial charge in [-0.1, -0.05) is 66.0 Å². The van der Waals surface area contributed by atoms with Gasteiger partial charge in [0.15, 0.2) is 0 Å². The summed E-state index contributed by atoms with van der Waals surface area (Å²) in [6.45, 7) is 4.85. The van der Waals surface area contributed by atoms with Gasteiger partial charge in [0.1, 0.15) is 0 Å². The molecule has 2 rings (SSSR count). The van der Waals surface area contributed by atoms with Crippen molar-refractivity contribution >= 4 is 34.8 Å². The van der Waals surface area contributed by atoms with Crippen molar-refractivity contribution in [3.63, 3.8) is 0 Å². The van der Waals surface area contributed by atoms with E-state index in [-0.39, 0.29) is 6.04 Å². The molecule has 112 valence electrons. The molecule has 0 aliphatic rings. The highest BCUT2D eigenvalue weighted by Crippen LogP contribution is 2.31. The third kappa shape index (κ3) is 4.14. The second-order valence-electron chi connectivity index (χ2n) is 5.02. The number of benzene rings is 2. The van der Waals surface area contributed by atoms with E-state index in [0.717, 1.165) is 12.0 Å². The normalized spacial score (nSPS) is 12.4. The molecule has 1 N–H and O–H groups in total. The summed E-state index contributed by atoms with van der Waals surface area (Å²) >= 11 is 18.4. The highest BCUT2D eigenvalue weighted by Gasteiger charge is 2.11. The molecule has 0 aromatic heterocycles. The fourth-order valence-electron chi connectivity index (χ4n) is 2.15. The Labute approximate surface area is 141 Å². The summed E-state index contributed by atoms with van der Waals surface area (Å²) in [6, 6.07) is 12.3. The van der Waals surface area contributed by atoms with Crippen LogP contribution in [0.25, 0.3) is 0 Å². The Morgan fingerprint density at radius 1 is 0.952 bits per heavy atom. The summed E-state index contributed by atoms with van der Waals surface area (Å²) in [5.74, 6) is 0. The molecule has 0 spiro atoms. The predicted molar refractivity (Wildman–Crippen MR) is 92.5 cm³/mol. The first kappa shape index (κ1) is 16.6. The van der Waals surface area contributed by atoms with Crippen LogP contribution in [0.1, 0.15) is 36.6 Å². The van der Waals surface area contributed by atoms with Crippen LogP contribution in [0.3, 0.4) is 0 Å². The van der Waals surface area contributed by atoms with Crippen molar-refractivity contribution in [2.75, 3.05) is 0 Å². The quantitative estimate of drug-likeness (QED) is 0.651. The molecule has 2 aromatic carbocycles. The molecule has 0 aliphatic heterocycles. The lowest BCUT2D eigenvalue weighted by Gasteiger charge is -2.16. The van der Waals surface area contributed by atoms with Crippen molar-refractivity contribution in [1.29, 1.82) is 0 Å². The van der Waals surface area contributed by atoms with Gasteiger partial charge in [-0.25, -0.2) is 0 Å². The van der Waals surface area contributed by atoms with E-state index in [1.165, 1.54) is 11.1 Å². The van der Waals surface area contributed by atoms with Crippen molar-refractivity contribution in [2.24, 2.45) is 0 Å². The van der Waals surface area contributed by atoms with E-state index in [2.05, 4.69) is 43.4 Å². The van der Waals surface area contributed by atoms with Gasteiger partial charge in [0.25, 0.3) is 0 Å². The molecule has 4 heteroatoms. The molecule has 0 radical (unpaired) electrons. The molecule has 1 atom stereocenters. The topological polar surface area (TPSA) is 12.0 Å². The van der Waals surface area contributed by atoms with E-state index >= 15 is 0 Å². The maximum absolute atomic E-state index is 6.21. The van der Waals surface area contributed by atoms with Crippen LogP contribution in [-0.4, -0.2) is 0 Å². The fourth-order valence-corrected chi connectivity index (χ4v) is 2.83. The minimum Gasteiger partial charge on any atom is -0.306 e. The lowest BCUT2D eigenvalue weighted by Crippen LogP contribution is -2.18. The SMILES string of the molecule is CCc1ccc(C(C)NCc2c(Cl)ccc(Cl)c2Cl)cc1. The van der Waals surface area contributed by atoms with Gasteiger partial charge in [-0.05, 0) is 36.6 Å². The standard InChI is InChI=1S/C17H18Cl3N/c1-3-12-4-6-13(7-5-12)11(2)21-10-14-15(18)8-9-16(19)17(14)20/h4-9,11,21H,3,10H2,1-2H3. The summed E-state index contributed by atoms with van der Waals surface area (Å²) in [5.41, 5.74) is 3.41. The minimum absolute atomic E-state index is 0.210. The first-order valence-electron chi connectivity index (χ1n) is 6.97.